The molecule has 5 rings (SSSR count). The van der Waals surface area contributed by atoms with Crippen molar-refractivity contribution in [1.82, 2.24) is 10.3 Å². The van der Waals surface area contributed by atoms with E-state index in [4.69, 9.17) is 0 Å². The molecule has 0 aliphatic heterocycles. The number of fused-ring (bicyclic) bond motifs is 5. The van der Waals surface area contributed by atoms with Crippen LogP contribution in [-0.4, -0.2) is 33.3 Å². The van der Waals surface area contributed by atoms with Crippen molar-refractivity contribution in [3.05, 3.63) is 30.1 Å². The molecular formula is C29H44N2O3. The van der Waals surface area contributed by atoms with E-state index in [1.54, 1.807) is 12.4 Å². The zero-order valence-corrected chi connectivity index (χ0v) is 21.2. The summed E-state index contributed by atoms with van der Waals surface area (Å²) in [6, 6.07) is 3.89. The van der Waals surface area contributed by atoms with Gasteiger partial charge in [-0.25, -0.2) is 0 Å². The number of amides is 1. The van der Waals surface area contributed by atoms with Gasteiger partial charge >= 0.3 is 0 Å². The Morgan fingerprint density at radius 2 is 1.88 bits per heavy atom. The summed E-state index contributed by atoms with van der Waals surface area (Å²) in [6.45, 7) is 7.75. The molecule has 5 nitrogen and oxygen atoms in total. The zero-order valence-electron chi connectivity index (χ0n) is 21.2. The van der Waals surface area contributed by atoms with Gasteiger partial charge in [-0.15, -0.1) is 0 Å². The number of nitrogens with one attached hydrogen (secondary N) is 1. The molecule has 1 heterocycles. The summed E-state index contributed by atoms with van der Waals surface area (Å²) in [6.07, 6.45) is 12.2. The van der Waals surface area contributed by atoms with E-state index >= 15 is 0 Å². The minimum Gasteiger partial charge on any atom is -0.393 e. The quantitative estimate of drug-likeness (QED) is 0.584. The zero-order chi connectivity index (χ0) is 24.1. The topological polar surface area (TPSA) is 82.5 Å². The number of rotatable bonds is 5. The normalized spacial score (nSPS) is 44.4. The van der Waals surface area contributed by atoms with Crippen molar-refractivity contribution in [2.75, 3.05) is 0 Å². The molecule has 3 N–H and O–H groups in total. The largest absolute Gasteiger partial charge is 0.393 e. The van der Waals surface area contributed by atoms with E-state index in [0.29, 0.717) is 48.5 Å². The Morgan fingerprint density at radius 3 is 2.65 bits per heavy atom. The highest BCUT2D eigenvalue weighted by molar-refractivity contribution is 5.76. The molecule has 10 atom stereocenters. The lowest BCUT2D eigenvalue weighted by atomic mass is 9.43. The fourth-order valence-corrected chi connectivity index (χ4v) is 9.39. The van der Waals surface area contributed by atoms with Gasteiger partial charge in [0.25, 0.3) is 0 Å². The molecule has 4 aliphatic carbocycles. The maximum Gasteiger partial charge on any atom is 0.220 e. The molecule has 1 aromatic rings. The minimum absolute atomic E-state index is 0.130. The molecule has 5 heteroatoms. The Labute approximate surface area is 205 Å². The molecule has 1 amide bonds. The van der Waals surface area contributed by atoms with E-state index in [9.17, 15) is 15.0 Å². The van der Waals surface area contributed by atoms with Crippen LogP contribution in [0.3, 0.4) is 0 Å². The van der Waals surface area contributed by atoms with Crippen LogP contribution in [0.2, 0.25) is 0 Å². The molecular weight excluding hydrogens is 424 g/mol. The van der Waals surface area contributed by atoms with Gasteiger partial charge in [0.05, 0.1) is 12.2 Å². The summed E-state index contributed by atoms with van der Waals surface area (Å²) in [4.78, 5) is 16.9. The molecule has 4 saturated carbocycles. The summed E-state index contributed by atoms with van der Waals surface area (Å²) in [5.41, 5.74) is 1.51. The number of pyridine rings is 1. The van der Waals surface area contributed by atoms with E-state index < -0.39 is 0 Å². The van der Waals surface area contributed by atoms with Crippen LogP contribution in [0.15, 0.2) is 24.5 Å². The fraction of sp³-hybridized carbons (Fsp3) is 0.793. The van der Waals surface area contributed by atoms with E-state index in [1.807, 2.05) is 12.1 Å². The van der Waals surface area contributed by atoms with Crippen LogP contribution in [0.25, 0.3) is 0 Å². The Hall–Kier alpha value is -1.46. The summed E-state index contributed by atoms with van der Waals surface area (Å²) in [7, 11) is 0. The second-order valence-electron chi connectivity index (χ2n) is 12.8. The van der Waals surface area contributed by atoms with Crippen LogP contribution >= 0.6 is 0 Å². The van der Waals surface area contributed by atoms with Gasteiger partial charge in [-0.1, -0.05) is 26.8 Å². The molecule has 0 aromatic carbocycles. The number of aromatic nitrogens is 1. The molecule has 0 bridgehead atoms. The van der Waals surface area contributed by atoms with Crippen LogP contribution in [0.5, 0.6) is 0 Å². The molecule has 0 saturated heterocycles. The number of nitrogens with zero attached hydrogens (tertiary/aromatic N) is 1. The molecule has 4 aliphatic rings. The molecule has 1 aromatic heterocycles. The Morgan fingerprint density at radius 1 is 1.12 bits per heavy atom. The third kappa shape index (κ3) is 4.11. The molecule has 0 spiro atoms. The van der Waals surface area contributed by atoms with Gasteiger partial charge < -0.3 is 15.5 Å². The average Bonchev–Trinajstić information content (AvgIpc) is 3.17. The number of aliphatic hydroxyl groups excluding tert-OH is 2. The minimum atomic E-state index is -0.241. The van der Waals surface area contributed by atoms with E-state index in [0.717, 1.165) is 31.2 Å². The highest BCUT2D eigenvalue weighted by Gasteiger charge is 2.62. The predicted octanol–water partition coefficient (Wildman–Crippen LogP) is 4.71. The van der Waals surface area contributed by atoms with Crippen LogP contribution in [0, 0.1) is 46.3 Å². The number of carbonyl (C=O) groups excluding carboxylic acids is 1. The standard InChI is InChI=1S/C29H44N2O3/c1-18(13-26(34)31-17-19-5-4-12-30-16-19)22-6-7-23-27-24(9-11-29(22,23)3)28(2)10-8-21(32)14-20(28)15-25(27)33/h4-5,12,16,18,20-25,27,32-33H,6-11,13-15,17H2,1-3H3,(H,31,34)/t18-,20+,21-,22?,23+,24+,25-,27+,28+,29-/m1/s1. The van der Waals surface area contributed by atoms with Crippen LogP contribution in [-0.2, 0) is 11.3 Å². The number of hydrogen-bond acceptors (Lipinski definition) is 4. The summed E-state index contributed by atoms with van der Waals surface area (Å²) >= 11 is 0. The third-order valence-electron chi connectivity index (χ3n) is 11.1. The highest BCUT2D eigenvalue weighted by Crippen LogP contribution is 2.68. The smallest absolute Gasteiger partial charge is 0.220 e. The van der Waals surface area contributed by atoms with Crippen LogP contribution < -0.4 is 5.32 Å². The van der Waals surface area contributed by atoms with Crippen molar-refractivity contribution in [2.24, 2.45) is 46.3 Å². The number of carbonyl (C=O) groups is 1. The fourth-order valence-electron chi connectivity index (χ4n) is 9.39. The maximum atomic E-state index is 12.8. The van der Waals surface area contributed by atoms with Crippen molar-refractivity contribution in [1.29, 1.82) is 0 Å². The van der Waals surface area contributed by atoms with Gasteiger partial charge in [0.1, 0.15) is 0 Å². The first-order valence-corrected chi connectivity index (χ1v) is 13.7. The monoisotopic (exact) mass is 468 g/mol. The van der Waals surface area contributed by atoms with Crippen molar-refractivity contribution in [3.63, 3.8) is 0 Å². The summed E-state index contributed by atoms with van der Waals surface area (Å²) in [5, 5.41) is 24.8. The first kappa shape index (κ1) is 24.2. The van der Waals surface area contributed by atoms with Gasteiger partial charge in [0.15, 0.2) is 0 Å². The first-order chi connectivity index (χ1) is 16.2. The lowest BCUT2D eigenvalue weighted by Gasteiger charge is -2.62. The second kappa shape index (κ2) is 9.20. The molecule has 34 heavy (non-hydrogen) atoms. The highest BCUT2D eigenvalue weighted by atomic mass is 16.3. The van der Waals surface area contributed by atoms with Crippen LogP contribution in [0.4, 0.5) is 0 Å². The summed E-state index contributed by atoms with van der Waals surface area (Å²) in [5.74, 6) is 2.97. The lowest BCUT2D eigenvalue weighted by molar-refractivity contribution is -0.174. The Bertz CT molecular complexity index is 877. The molecule has 0 radical (unpaired) electrons. The number of hydrogen-bond donors (Lipinski definition) is 3. The van der Waals surface area contributed by atoms with E-state index in [2.05, 4.69) is 31.1 Å². The van der Waals surface area contributed by atoms with Crippen molar-refractivity contribution in [2.45, 2.75) is 97.3 Å². The molecule has 188 valence electrons. The van der Waals surface area contributed by atoms with Crippen LogP contribution in [0.1, 0.15) is 84.1 Å². The SMILES string of the molecule is C[C@H](CC(=O)NCc1cccnc1)C1CC[C@H]2[C@@H]3[C@H](O)C[C@@H]4C[C@H](O)CC[C@]4(C)[C@H]3CC[C@]12C. The van der Waals surface area contributed by atoms with E-state index in [1.165, 1.54) is 25.7 Å². The molecule has 4 fully saturated rings. The van der Waals surface area contributed by atoms with Crippen molar-refractivity contribution >= 4 is 5.91 Å². The van der Waals surface area contributed by atoms with Crippen molar-refractivity contribution in [3.8, 4) is 0 Å². The Kier molecular flexibility index (Phi) is 6.56. The first-order valence-electron chi connectivity index (χ1n) is 13.7. The van der Waals surface area contributed by atoms with Gasteiger partial charge in [0, 0.05) is 25.4 Å². The van der Waals surface area contributed by atoms with Gasteiger partial charge in [0.2, 0.25) is 5.91 Å². The second-order valence-corrected chi connectivity index (χ2v) is 12.8. The van der Waals surface area contributed by atoms with Gasteiger partial charge in [-0.2, -0.15) is 0 Å². The van der Waals surface area contributed by atoms with Crippen molar-refractivity contribution < 1.29 is 15.0 Å². The summed E-state index contributed by atoms with van der Waals surface area (Å²) < 4.78 is 0. The van der Waals surface area contributed by atoms with E-state index in [-0.39, 0.29) is 28.9 Å². The molecule has 1 unspecified atom stereocenters. The average molecular weight is 469 g/mol. The predicted molar refractivity (Wildman–Crippen MR) is 132 cm³/mol. The maximum absolute atomic E-state index is 12.8. The lowest BCUT2D eigenvalue weighted by Crippen LogP contribution is -2.58. The number of aliphatic hydroxyl groups is 2. The van der Waals surface area contributed by atoms with Gasteiger partial charge in [-0.3, -0.25) is 9.78 Å². The third-order valence-corrected chi connectivity index (χ3v) is 11.1. The van der Waals surface area contributed by atoms with Gasteiger partial charge in [-0.05, 0) is 109 Å². The Balaban J connectivity index is 1.26.